The molecular weight excluding hydrogens is 408 g/mol. The van der Waals surface area contributed by atoms with Gasteiger partial charge in [-0.2, -0.15) is 0 Å². The average Bonchev–Trinajstić information content (AvgIpc) is 3.23. The van der Waals surface area contributed by atoms with Crippen LogP contribution in [0.3, 0.4) is 0 Å². The summed E-state index contributed by atoms with van der Waals surface area (Å²) < 4.78 is 5.17. The summed E-state index contributed by atoms with van der Waals surface area (Å²) in [6, 6.07) is 19.2. The molecule has 0 amide bonds. The largest absolute Gasteiger partial charge is 0.427 e. The van der Waals surface area contributed by atoms with Crippen molar-refractivity contribution in [3.8, 4) is 5.75 Å². The van der Waals surface area contributed by atoms with E-state index < -0.39 is 0 Å². The van der Waals surface area contributed by atoms with Crippen LogP contribution >= 0.6 is 11.3 Å². The predicted molar refractivity (Wildman–Crippen MR) is 123 cm³/mol. The average molecular weight is 431 g/mol. The van der Waals surface area contributed by atoms with Crippen molar-refractivity contribution in [3.05, 3.63) is 87.8 Å². The molecule has 0 saturated carbocycles. The summed E-state index contributed by atoms with van der Waals surface area (Å²) >= 11 is 1.71. The minimum atomic E-state index is -0.356. The van der Waals surface area contributed by atoms with Crippen LogP contribution in [-0.4, -0.2) is 11.8 Å². The van der Waals surface area contributed by atoms with Gasteiger partial charge in [0.1, 0.15) is 5.75 Å². The molecular formula is C25H22N2O3S. The van der Waals surface area contributed by atoms with Gasteiger partial charge in [0.15, 0.2) is 5.78 Å². The predicted octanol–water partition coefficient (Wildman–Crippen LogP) is 5.65. The Hall–Kier alpha value is -3.38. The van der Waals surface area contributed by atoms with Gasteiger partial charge in [0.05, 0.1) is 17.4 Å². The first kappa shape index (κ1) is 19.6. The molecule has 2 heterocycles. The molecule has 2 atom stereocenters. The van der Waals surface area contributed by atoms with Gasteiger partial charge in [-0.05, 0) is 47.7 Å². The molecule has 0 radical (unpaired) electrons. The number of thiophene rings is 1. The van der Waals surface area contributed by atoms with Crippen LogP contribution in [-0.2, 0) is 9.59 Å². The smallest absolute Gasteiger partial charge is 0.308 e. The normalized spacial score (nSPS) is 20.1. The number of esters is 1. The fourth-order valence-electron chi connectivity index (χ4n) is 4.36. The Morgan fingerprint density at radius 3 is 2.48 bits per heavy atom. The number of hydrogen-bond donors (Lipinski definition) is 2. The number of hydrogen-bond acceptors (Lipinski definition) is 6. The molecule has 1 aliphatic heterocycles. The van der Waals surface area contributed by atoms with E-state index in [-0.39, 0.29) is 23.7 Å². The number of benzene rings is 2. The Labute approximate surface area is 184 Å². The molecule has 5 nitrogen and oxygen atoms in total. The summed E-state index contributed by atoms with van der Waals surface area (Å²) in [5.74, 6) is 0.480. The SMILES string of the molecule is CC(=O)Oc1ccc([C@@H]2Nc3ccccc3NC3=C2C(=O)C[C@H](c2cccs2)C3)cc1. The summed E-state index contributed by atoms with van der Waals surface area (Å²) in [7, 11) is 0. The molecule has 2 aliphatic rings. The van der Waals surface area contributed by atoms with Gasteiger partial charge in [-0.15, -0.1) is 11.3 Å². The lowest BCUT2D eigenvalue weighted by molar-refractivity contribution is -0.131. The summed E-state index contributed by atoms with van der Waals surface area (Å²) in [6.45, 7) is 1.38. The van der Waals surface area contributed by atoms with Crippen molar-refractivity contribution in [2.45, 2.75) is 31.7 Å². The van der Waals surface area contributed by atoms with Crippen molar-refractivity contribution < 1.29 is 14.3 Å². The number of Topliss-reactive ketones (excluding diaryl/α,β-unsaturated/α-hetero) is 1. The topological polar surface area (TPSA) is 67.4 Å². The molecule has 6 heteroatoms. The van der Waals surface area contributed by atoms with E-state index in [1.54, 1.807) is 23.5 Å². The van der Waals surface area contributed by atoms with Crippen LogP contribution in [0.2, 0.25) is 0 Å². The molecule has 5 rings (SSSR count). The van der Waals surface area contributed by atoms with Crippen molar-refractivity contribution in [1.29, 1.82) is 0 Å². The summed E-state index contributed by atoms with van der Waals surface area (Å²) in [5.41, 5.74) is 4.62. The van der Waals surface area contributed by atoms with Crippen molar-refractivity contribution in [2.75, 3.05) is 10.6 Å². The first-order chi connectivity index (χ1) is 15.1. The van der Waals surface area contributed by atoms with E-state index in [2.05, 4.69) is 22.1 Å². The number of fused-ring (bicyclic) bond motifs is 1. The molecule has 2 aromatic carbocycles. The van der Waals surface area contributed by atoms with Gasteiger partial charge in [-0.3, -0.25) is 9.59 Å². The number of nitrogens with one attached hydrogen (secondary N) is 2. The second-order valence-electron chi connectivity index (χ2n) is 7.85. The quantitative estimate of drug-likeness (QED) is 0.415. The Morgan fingerprint density at radius 2 is 1.77 bits per heavy atom. The second kappa shape index (κ2) is 8.04. The zero-order valence-corrected chi connectivity index (χ0v) is 17.9. The monoisotopic (exact) mass is 430 g/mol. The maximum Gasteiger partial charge on any atom is 0.308 e. The summed E-state index contributed by atoms with van der Waals surface area (Å²) in [5, 5.41) is 9.19. The van der Waals surface area contributed by atoms with Gasteiger partial charge >= 0.3 is 5.97 Å². The Morgan fingerprint density at radius 1 is 1.00 bits per heavy atom. The van der Waals surface area contributed by atoms with E-state index >= 15 is 0 Å². The van der Waals surface area contributed by atoms with E-state index in [0.29, 0.717) is 12.2 Å². The van der Waals surface area contributed by atoms with Crippen LogP contribution in [0, 0.1) is 0 Å². The molecule has 0 spiro atoms. The van der Waals surface area contributed by atoms with Gasteiger partial charge in [-0.25, -0.2) is 0 Å². The van der Waals surface area contributed by atoms with E-state index in [4.69, 9.17) is 4.74 Å². The van der Waals surface area contributed by atoms with Crippen LogP contribution in [0.25, 0.3) is 0 Å². The third-order valence-corrected chi connectivity index (χ3v) is 6.76. The fraction of sp³-hybridized carbons (Fsp3) is 0.200. The number of allylic oxidation sites excluding steroid dienone is 1. The molecule has 3 aromatic rings. The van der Waals surface area contributed by atoms with Gasteiger partial charge in [0, 0.05) is 35.4 Å². The van der Waals surface area contributed by atoms with Gasteiger partial charge in [0.25, 0.3) is 0 Å². The highest BCUT2D eigenvalue weighted by atomic mass is 32.1. The Kier molecular flexibility index (Phi) is 5.08. The van der Waals surface area contributed by atoms with Gasteiger partial charge < -0.3 is 15.4 Å². The minimum Gasteiger partial charge on any atom is -0.427 e. The Balaban J connectivity index is 1.56. The minimum absolute atomic E-state index is 0.154. The zero-order valence-electron chi connectivity index (χ0n) is 17.1. The van der Waals surface area contributed by atoms with Gasteiger partial charge in [0.2, 0.25) is 0 Å². The van der Waals surface area contributed by atoms with Crippen molar-refractivity contribution in [1.82, 2.24) is 0 Å². The molecule has 0 bridgehead atoms. The van der Waals surface area contributed by atoms with Crippen LogP contribution < -0.4 is 15.4 Å². The highest BCUT2D eigenvalue weighted by Gasteiger charge is 2.36. The molecule has 156 valence electrons. The number of carbonyl (C=O) groups is 2. The first-order valence-corrected chi connectivity index (χ1v) is 11.2. The number of anilines is 2. The number of ketones is 1. The number of ether oxygens (including phenoxy) is 1. The van der Waals surface area contributed by atoms with Crippen molar-refractivity contribution >= 4 is 34.5 Å². The summed E-state index contributed by atoms with van der Waals surface area (Å²) in [4.78, 5) is 25.9. The van der Waals surface area contributed by atoms with Crippen LogP contribution in [0.1, 0.15) is 42.2 Å². The standard InChI is InChI=1S/C25H22N2O3S/c1-15(28)30-18-10-8-16(9-11-18)25-24-21(26-19-5-2-3-6-20(19)27-25)13-17(14-22(24)29)23-7-4-12-31-23/h2-12,17,25-27H,13-14H2,1H3/t17-,25+/m1/s1. The molecule has 2 N–H and O–H groups in total. The van der Waals surface area contributed by atoms with E-state index in [9.17, 15) is 9.59 Å². The highest BCUT2D eigenvalue weighted by molar-refractivity contribution is 7.10. The van der Waals surface area contributed by atoms with E-state index in [0.717, 1.165) is 34.6 Å². The maximum absolute atomic E-state index is 13.4. The second-order valence-corrected chi connectivity index (χ2v) is 8.83. The van der Waals surface area contributed by atoms with Crippen LogP contribution in [0.4, 0.5) is 11.4 Å². The molecule has 0 saturated heterocycles. The Bertz CT molecular complexity index is 1170. The lowest BCUT2D eigenvalue weighted by atomic mass is 9.81. The number of carbonyl (C=O) groups excluding carboxylic acids is 2. The lowest BCUT2D eigenvalue weighted by Gasteiger charge is -2.29. The number of para-hydroxylation sites is 2. The highest BCUT2D eigenvalue weighted by Crippen LogP contribution is 2.44. The maximum atomic E-state index is 13.4. The molecule has 1 aromatic heterocycles. The van der Waals surface area contributed by atoms with Crippen LogP contribution in [0.5, 0.6) is 5.75 Å². The van der Waals surface area contributed by atoms with Gasteiger partial charge in [-0.1, -0.05) is 30.3 Å². The van der Waals surface area contributed by atoms with Crippen LogP contribution in [0.15, 0.2) is 77.3 Å². The van der Waals surface area contributed by atoms with E-state index in [1.807, 2.05) is 42.5 Å². The van der Waals surface area contributed by atoms with Crippen molar-refractivity contribution in [3.63, 3.8) is 0 Å². The third-order valence-electron chi connectivity index (χ3n) is 5.73. The molecule has 0 unspecified atom stereocenters. The first-order valence-electron chi connectivity index (χ1n) is 10.3. The zero-order chi connectivity index (χ0) is 21.4. The molecule has 31 heavy (non-hydrogen) atoms. The van der Waals surface area contributed by atoms with Crippen molar-refractivity contribution in [2.24, 2.45) is 0 Å². The summed E-state index contributed by atoms with van der Waals surface area (Å²) in [6.07, 6.45) is 1.29. The fourth-order valence-corrected chi connectivity index (χ4v) is 5.19. The molecule has 1 aliphatic carbocycles. The lowest BCUT2D eigenvalue weighted by Crippen LogP contribution is -2.26. The third kappa shape index (κ3) is 3.86. The number of rotatable bonds is 3. The molecule has 0 fully saturated rings. The van der Waals surface area contributed by atoms with E-state index in [1.165, 1.54) is 11.8 Å².